The molecular weight excluding hydrogens is 402 g/mol. The molecule has 1 N–H and O–H groups in total. The number of benzene rings is 2. The van der Waals surface area contributed by atoms with Crippen LogP contribution in [0.15, 0.2) is 72.0 Å². The van der Waals surface area contributed by atoms with Gasteiger partial charge in [-0.3, -0.25) is 15.3 Å². The summed E-state index contributed by atoms with van der Waals surface area (Å²) in [7, 11) is 1.72. The lowest BCUT2D eigenvalue weighted by Crippen LogP contribution is -2.27. The van der Waals surface area contributed by atoms with Gasteiger partial charge in [-0.05, 0) is 57.0 Å². The van der Waals surface area contributed by atoms with Gasteiger partial charge < -0.3 is 9.47 Å². The summed E-state index contributed by atoms with van der Waals surface area (Å²) in [6.45, 7) is 7.86. The second-order valence-electron chi connectivity index (χ2n) is 8.38. The number of rotatable bonds is 6. The fraction of sp³-hybridized carbons (Fsp3) is 0.269. The molecule has 2 aromatic carbocycles. The molecule has 0 spiro atoms. The number of nitrogens with zero attached hydrogens (tertiary/aromatic N) is 2. The van der Waals surface area contributed by atoms with Crippen molar-refractivity contribution < 1.29 is 14.3 Å². The van der Waals surface area contributed by atoms with E-state index in [1.54, 1.807) is 19.4 Å². The van der Waals surface area contributed by atoms with E-state index in [2.05, 4.69) is 15.3 Å². The van der Waals surface area contributed by atoms with E-state index in [9.17, 15) is 4.79 Å². The minimum Gasteiger partial charge on any atom is -0.487 e. The molecule has 6 heteroatoms. The summed E-state index contributed by atoms with van der Waals surface area (Å²) in [6.07, 6.45) is 2.98. The highest BCUT2D eigenvalue weighted by atomic mass is 16.6. The molecule has 6 nitrogen and oxygen atoms in total. The zero-order valence-electron chi connectivity index (χ0n) is 19.2. The lowest BCUT2D eigenvalue weighted by molar-refractivity contribution is 0.0636. The predicted octanol–water partition coefficient (Wildman–Crippen LogP) is 6.11. The fourth-order valence-corrected chi connectivity index (χ4v) is 3.06. The number of carbonyl (C=O) groups excluding carboxylic acids is 1. The fourth-order valence-electron chi connectivity index (χ4n) is 3.06. The molecule has 3 rings (SSSR count). The minimum absolute atomic E-state index is 0.470. The number of anilines is 1. The first-order valence-electron chi connectivity index (χ1n) is 10.4. The van der Waals surface area contributed by atoms with Gasteiger partial charge in [0.1, 0.15) is 18.0 Å². The Bertz CT molecular complexity index is 1100. The normalized spacial score (nSPS) is 11.7. The van der Waals surface area contributed by atoms with Crippen molar-refractivity contribution in [2.45, 2.75) is 39.9 Å². The van der Waals surface area contributed by atoms with E-state index in [-0.39, 0.29) is 0 Å². The molecule has 1 heterocycles. The molecule has 3 aromatic rings. The standard InChI is InChI=1S/C26H29N3O3/c1-18(27-5)23-14-20(11-12-24(23)29-25(30)32-26(2,3)4)21-13-22(16-28-15-21)31-17-19-9-7-6-8-10-19/h6-16H,17H2,1-5H3,(H,29,30). The van der Waals surface area contributed by atoms with Crippen molar-refractivity contribution in [3.8, 4) is 16.9 Å². The molecule has 0 aliphatic carbocycles. The van der Waals surface area contributed by atoms with Gasteiger partial charge in [0.25, 0.3) is 0 Å². The molecule has 166 valence electrons. The maximum absolute atomic E-state index is 12.3. The first-order valence-corrected chi connectivity index (χ1v) is 10.4. The van der Waals surface area contributed by atoms with Crippen LogP contribution in [0.1, 0.15) is 38.8 Å². The number of aliphatic imine (C=N–C) groups is 1. The van der Waals surface area contributed by atoms with Crippen molar-refractivity contribution in [2.24, 2.45) is 4.99 Å². The molecule has 0 aliphatic rings. The highest BCUT2D eigenvalue weighted by Crippen LogP contribution is 2.28. The van der Waals surface area contributed by atoms with Gasteiger partial charge in [-0.25, -0.2) is 4.79 Å². The predicted molar refractivity (Wildman–Crippen MR) is 128 cm³/mol. The van der Waals surface area contributed by atoms with E-state index < -0.39 is 11.7 Å². The van der Waals surface area contributed by atoms with Gasteiger partial charge in [-0.2, -0.15) is 0 Å². The Kier molecular flexibility index (Phi) is 7.25. The summed E-state index contributed by atoms with van der Waals surface area (Å²) < 4.78 is 11.3. The number of nitrogens with one attached hydrogen (secondary N) is 1. The van der Waals surface area contributed by atoms with Crippen LogP contribution in [-0.4, -0.2) is 29.4 Å². The zero-order chi connectivity index (χ0) is 23.1. The van der Waals surface area contributed by atoms with Gasteiger partial charge in [0.15, 0.2) is 0 Å². The van der Waals surface area contributed by atoms with Crippen LogP contribution in [-0.2, 0) is 11.3 Å². The average Bonchev–Trinajstić information content (AvgIpc) is 2.77. The van der Waals surface area contributed by atoms with Crippen LogP contribution >= 0.6 is 0 Å². The molecule has 32 heavy (non-hydrogen) atoms. The number of hydrogen-bond donors (Lipinski definition) is 1. The van der Waals surface area contributed by atoms with Crippen molar-refractivity contribution in [1.29, 1.82) is 0 Å². The van der Waals surface area contributed by atoms with Gasteiger partial charge in [-0.15, -0.1) is 0 Å². The Morgan fingerprint density at radius 2 is 1.78 bits per heavy atom. The summed E-state index contributed by atoms with van der Waals surface area (Å²) in [6, 6.07) is 17.7. The molecule has 0 saturated heterocycles. The summed E-state index contributed by atoms with van der Waals surface area (Å²) in [4.78, 5) is 20.9. The highest BCUT2D eigenvalue weighted by Gasteiger charge is 2.18. The molecule has 1 aromatic heterocycles. The SMILES string of the molecule is CN=C(C)c1cc(-c2cncc(OCc3ccccc3)c2)ccc1NC(=O)OC(C)(C)C. The Hall–Kier alpha value is -3.67. The van der Waals surface area contributed by atoms with Gasteiger partial charge >= 0.3 is 6.09 Å². The van der Waals surface area contributed by atoms with Crippen LogP contribution in [0.4, 0.5) is 10.5 Å². The Morgan fingerprint density at radius 1 is 1.03 bits per heavy atom. The van der Waals surface area contributed by atoms with Crippen LogP contribution in [0.25, 0.3) is 11.1 Å². The first kappa shape index (κ1) is 23.0. The van der Waals surface area contributed by atoms with E-state index in [4.69, 9.17) is 9.47 Å². The first-order chi connectivity index (χ1) is 15.2. The smallest absolute Gasteiger partial charge is 0.412 e. The Balaban J connectivity index is 1.84. The Morgan fingerprint density at radius 3 is 2.47 bits per heavy atom. The highest BCUT2D eigenvalue weighted by molar-refractivity contribution is 6.06. The van der Waals surface area contributed by atoms with Crippen LogP contribution in [0.5, 0.6) is 5.75 Å². The third-order valence-electron chi connectivity index (χ3n) is 4.68. The summed E-state index contributed by atoms with van der Waals surface area (Å²) in [5.41, 5.74) is 4.60. The van der Waals surface area contributed by atoms with Crippen LogP contribution < -0.4 is 10.1 Å². The number of carbonyl (C=O) groups is 1. The van der Waals surface area contributed by atoms with Gasteiger partial charge in [0.05, 0.1) is 11.9 Å². The lowest BCUT2D eigenvalue weighted by atomic mass is 10.0. The molecule has 0 unspecified atom stereocenters. The second kappa shape index (κ2) is 10.1. The molecule has 0 fully saturated rings. The van der Waals surface area contributed by atoms with E-state index in [1.165, 1.54) is 0 Å². The zero-order valence-corrected chi connectivity index (χ0v) is 19.2. The van der Waals surface area contributed by atoms with Crippen molar-refractivity contribution in [1.82, 2.24) is 4.98 Å². The van der Waals surface area contributed by atoms with E-state index in [1.807, 2.05) is 82.3 Å². The largest absolute Gasteiger partial charge is 0.487 e. The number of amides is 1. The van der Waals surface area contributed by atoms with Gasteiger partial charge in [0.2, 0.25) is 0 Å². The van der Waals surface area contributed by atoms with Crippen molar-refractivity contribution in [3.63, 3.8) is 0 Å². The third-order valence-corrected chi connectivity index (χ3v) is 4.68. The third kappa shape index (κ3) is 6.41. The van der Waals surface area contributed by atoms with Crippen molar-refractivity contribution in [3.05, 3.63) is 78.1 Å². The number of pyridine rings is 1. The monoisotopic (exact) mass is 431 g/mol. The van der Waals surface area contributed by atoms with E-state index in [0.717, 1.165) is 28.0 Å². The van der Waals surface area contributed by atoms with E-state index >= 15 is 0 Å². The van der Waals surface area contributed by atoms with Crippen molar-refractivity contribution in [2.75, 3.05) is 12.4 Å². The molecule has 0 radical (unpaired) electrons. The summed E-state index contributed by atoms with van der Waals surface area (Å²) >= 11 is 0. The topological polar surface area (TPSA) is 72.8 Å². The Labute approximate surface area is 189 Å². The maximum atomic E-state index is 12.3. The lowest BCUT2D eigenvalue weighted by Gasteiger charge is -2.20. The van der Waals surface area contributed by atoms with E-state index in [0.29, 0.717) is 18.0 Å². The van der Waals surface area contributed by atoms with Gasteiger partial charge in [0, 0.05) is 30.1 Å². The molecule has 0 bridgehead atoms. The second-order valence-corrected chi connectivity index (χ2v) is 8.38. The van der Waals surface area contributed by atoms with Crippen LogP contribution in [0.2, 0.25) is 0 Å². The average molecular weight is 432 g/mol. The molecule has 0 atom stereocenters. The minimum atomic E-state index is -0.579. The molecule has 0 aliphatic heterocycles. The molecule has 0 saturated carbocycles. The summed E-state index contributed by atoms with van der Waals surface area (Å²) in [5.74, 6) is 0.685. The van der Waals surface area contributed by atoms with Crippen LogP contribution in [0.3, 0.4) is 0 Å². The van der Waals surface area contributed by atoms with Gasteiger partial charge in [-0.1, -0.05) is 36.4 Å². The number of aromatic nitrogens is 1. The molecule has 1 amide bonds. The number of ether oxygens (including phenoxy) is 2. The maximum Gasteiger partial charge on any atom is 0.412 e. The quantitative estimate of drug-likeness (QED) is 0.478. The van der Waals surface area contributed by atoms with Crippen molar-refractivity contribution >= 4 is 17.5 Å². The molecular formula is C26H29N3O3. The summed E-state index contributed by atoms with van der Waals surface area (Å²) in [5, 5.41) is 2.83. The van der Waals surface area contributed by atoms with Crippen LogP contribution in [0, 0.1) is 0 Å². The number of hydrogen-bond acceptors (Lipinski definition) is 5.